The van der Waals surface area contributed by atoms with Crippen molar-refractivity contribution in [2.24, 2.45) is 5.10 Å². The van der Waals surface area contributed by atoms with Gasteiger partial charge in [0.25, 0.3) is 0 Å². The molecule has 3 aromatic carbocycles. The fourth-order valence-corrected chi connectivity index (χ4v) is 4.58. The lowest BCUT2D eigenvalue weighted by atomic mass is 10.1. The first-order chi connectivity index (χ1) is 16.4. The van der Waals surface area contributed by atoms with Gasteiger partial charge in [-0.3, -0.25) is 4.79 Å². The van der Waals surface area contributed by atoms with E-state index in [1.807, 2.05) is 0 Å². The predicted molar refractivity (Wildman–Crippen MR) is 127 cm³/mol. The summed E-state index contributed by atoms with van der Waals surface area (Å²) in [7, 11) is -4.54. The van der Waals surface area contributed by atoms with E-state index in [1.54, 1.807) is 6.07 Å². The van der Waals surface area contributed by atoms with Crippen molar-refractivity contribution in [3.05, 3.63) is 92.4 Å². The zero-order valence-corrected chi connectivity index (χ0v) is 20.4. The summed E-state index contributed by atoms with van der Waals surface area (Å²) in [5.41, 5.74) is 0.722. The van der Waals surface area contributed by atoms with Gasteiger partial charge >= 0.3 is 16.3 Å². The smallest absolute Gasteiger partial charge is 0.379 e. The molecule has 13 heteroatoms. The van der Waals surface area contributed by atoms with E-state index in [1.165, 1.54) is 36.4 Å². The summed E-state index contributed by atoms with van der Waals surface area (Å²) < 4.78 is 70.1. The number of benzene rings is 3. The Labute approximate surface area is 213 Å². The number of halogens is 6. The van der Waals surface area contributed by atoms with Crippen LogP contribution in [0.5, 0.6) is 5.75 Å². The molecule has 184 valence electrons. The third-order valence-electron chi connectivity index (χ3n) is 4.42. The summed E-state index contributed by atoms with van der Waals surface area (Å²) in [6, 6.07) is 12.2. The molecule has 0 heterocycles. The Hall–Kier alpha value is -2.79. The van der Waals surface area contributed by atoms with Crippen molar-refractivity contribution in [3.63, 3.8) is 0 Å². The summed E-state index contributed by atoms with van der Waals surface area (Å²) in [5.74, 6) is -0.775. The Morgan fingerprint density at radius 3 is 2.31 bits per heavy atom. The number of carbonyl (C=O) groups excluding carboxylic acids is 1. The Bertz CT molecular complexity index is 1380. The van der Waals surface area contributed by atoms with E-state index in [9.17, 15) is 26.4 Å². The Balaban J connectivity index is 1.88. The average molecular weight is 566 g/mol. The molecule has 0 aliphatic rings. The van der Waals surface area contributed by atoms with Crippen molar-refractivity contribution >= 4 is 57.0 Å². The van der Waals surface area contributed by atoms with Gasteiger partial charge in [0.1, 0.15) is 10.6 Å². The SMILES string of the molecule is O=C(Cc1c(Cl)ccc(Cl)c1Cl)NN=Cc1cc(C(F)(F)F)ccc1S(=O)(=O)Oc1ccccc1. The fourth-order valence-electron chi connectivity index (χ4n) is 2.81. The van der Waals surface area contributed by atoms with Crippen molar-refractivity contribution in [1.29, 1.82) is 0 Å². The molecule has 3 rings (SSSR count). The number of nitrogens with zero attached hydrogens (tertiary/aromatic N) is 1. The molecule has 6 nitrogen and oxygen atoms in total. The van der Waals surface area contributed by atoms with Crippen LogP contribution in [0.15, 0.2) is 70.7 Å². The minimum Gasteiger partial charge on any atom is -0.379 e. The van der Waals surface area contributed by atoms with E-state index < -0.39 is 38.2 Å². The molecule has 0 aliphatic heterocycles. The van der Waals surface area contributed by atoms with Gasteiger partial charge in [0, 0.05) is 16.1 Å². The summed E-state index contributed by atoms with van der Waals surface area (Å²) >= 11 is 18.0. The molecule has 0 fully saturated rings. The standard InChI is InChI=1S/C22H14Cl3F3N2O4S/c23-17-7-8-18(24)21(25)16(17)11-20(31)30-29-12-13-10-14(22(26,27)28)6-9-19(13)35(32,33)34-15-4-2-1-3-5-15/h1-10,12H,11H2,(H,30,31). The van der Waals surface area contributed by atoms with Crippen LogP contribution in [-0.4, -0.2) is 20.5 Å². The van der Waals surface area contributed by atoms with Gasteiger partial charge in [-0.2, -0.15) is 26.7 Å². The van der Waals surface area contributed by atoms with E-state index in [-0.39, 0.29) is 32.8 Å². The van der Waals surface area contributed by atoms with Crippen LogP contribution in [0.25, 0.3) is 0 Å². The maximum absolute atomic E-state index is 13.2. The van der Waals surface area contributed by atoms with Crippen LogP contribution < -0.4 is 9.61 Å². The second kappa shape index (κ2) is 10.9. The van der Waals surface area contributed by atoms with Crippen LogP contribution in [0.3, 0.4) is 0 Å². The van der Waals surface area contributed by atoms with E-state index >= 15 is 0 Å². The van der Waals surface area contributed by atoms with Gasteiger partial charge in [-0.05, 0) is 42.5 Å². The third kappa shape index (κ3) is 6.88. The fraction of sp³-hybridized carbons (Fsp3) is 0.0909. The van der Waals surface area contributed by atoms with E-state index in [0.717, 1.165) is 12.3 Å². The number of alkyl halides is 3. The van der Waals surface area contributed by atoms with Gasteiger partial charge in [-0.25, -0.2) is 5.43 Å². The van der Waals surface area contributed by atoms with Crippen molar-refractivity contribution < 1.29 is 30.6 Å². The second-order valence-electron chi connectivity index (χ2n) is 6.89. The maximum Gasteiger partial charge on any atom is 0.416 e. The van der Waals surface area contributed by atoms with Crippen LogP contribution in [0, 0.1) is 0 Å². The molecule has 35 heavy (non-hydrogen) atoms. The van der Waals surface area contributed by atoms with E-state index in [4.69, 9.17) is 39.0 Å². The molecular formula is C22H14Cl3F3N2O4S. The minimum absolute atomic E-state index is 0.0427. The van der Waals surface area contributed by atoms with Gasteiger partial charge in [0.05, 0.1) is 28.2 Å². The molecule has 0 aliphatic carbocycles. The molecule has 1 amide bonds. The summed E-state index contributed by atoms with van der Waals surface area (Å²) in [6.07, 6.45) is -4.34. The molecule has 0 saturated heterocycles. The zero-order valence-electron chi connectivity index (χ0n) is 17.3. The molecule has 0 bridgehead atoms. The number of hydrogen-bond acceptors (Lipinski definition) is 5. The number of nitrogens with one attached hydrogen (secondary N) is 1. The Morgan fingerprint density at radius 1 is 1.00 bits per heavy atom. The van der Waals surface area contributed by atoms with Gasteiger partial charge in [0.2, 0.25) is 5.91 Å². The number of para-hydroxylation sites is 1. The largest absolute Gasteiger partial charge is 0.416 e. The number of hydrogen-bond donors (Lipinski definition) is 1. The molecular weight excluding hydrogens is 552 g/mol. The van der Waals surface area contributed by atoms with Crippen LogP contribution in [0.4, 0.5) is 13.2 Å². The lowest BCUT2D eigenvalue weighted by Crippen LogP contribution is -2.21. The summed E-state index contributed by atoms with van der Waals surface area (Å²) in [5, 5.41) is 3.99. The Kier molecular flexibility index (Phi) is 8.32. The highest BCUT2D eigenvalue weighted by Gasteiger charge is 2.32. The van der Waals surface area contributed by atoms with Crippen molar-refractivity contribution in [3.8, 4) is 5.75 Å². The minimum atomic E-state index is -4.76. The van der Waals surface area contributed by atoms with Gasteiger partial charge in [-0.15, -0.1) is 0 Å². The highest BCUT2D eigenvalue weighted by Crippen LogP contribution is 2.33. The normalized spacial score (nSPS) is 12.1. The molecule has 0 aromatic heterocycles. The van der Waals surface area contributed by atoms with Gasteiger partial charge < -0.3 is 4.18 Å². The van der Waals surface area contributed by atoms with E-state index in [0.29, 0.717) is 12.1 Å². The van der Waals surface area contributed by atoms with Gasteiger partial charge in [-0.1, -0.05) is 53.0 Å². The second-order valence-corrected chi connectivity index (χ2v) is 9.60. The zero-order chi connectivity index (χ0) is 25.8. The predicted octanol–water partition coefficient (Wildman–Crippen LogP) is 6.13. The van der Waals surface area contributed by atoms with Crippen LogP contribution in [0.1, 0.15) is 16.7 Å². The van der Waals surface area contributed by atoms with E-state index in [2.05, 4.69) is 10.5 Å². The molecule has 0 atom stereocenters. The van der Waals surface area contributed by atoms with Crippen LogP contribution in [-0.2, 0) is 27.5 Å². The lowest BCUT2D eigenvalue weighted by molar-refractivity contribution is -0.137. The molecule has 3 aromatic rings. The lowest BCUT2D eigenvalue weighted by Gasteiger charge is -2.12. The quantitative estimate of drug-likeness (QED) is 0.162. The van der Waals surface area contributed by atoms with Gasteiger partial charge in [0.15, 0.2) is 0 Å². The number of rotatable bonds is 7. The Morgan fingerprint density at radius 2 is 1.66 bits per heavy atom. The van der Waals surface area contributed by atoms with Crippen molar-refractivity contribution in [1.82, 2.24) is 5.43 Å². The molecule has 0 spiro atoms. The topological polar surface area (TPSA) is 84.8 Å². The number of amides is 1. The van der Waals surface area contributed by atoms with Crippen LogP contribution >= 0.6 is 34.8 Å². The molecule has 0 unspecified atom stereocenters. The monoisotopic (exact) mass is 564 g/mol. The van der Waals surface area contributed by atoms with Crippen LogP contribution in [0.2, 0.25) is 15.1 Å². The number of hydrazone groups is 1. The first kappa shape index (κ1) is 26.8. The number of carbonyl (C=O) groups is 1. The first-order valence-electron chi connectivity index (χ1n) is 9.53. The third-order valence-corrected chi connectivity index (χ3v) is 6.94. The van der Waals surface area contributed by atoms with Crippen molar-refractivity contribution in [2.45, 2.75) is 17.5 Å². The summed E-state index contributed by atoms with van der Waals surface area (Å²) in [6.45, 7) is 0. The maximum atomic E-state index is 13.2. The summed E-state index contributed by atoms with van der Waals surface area (Å²) in [4.78, 5) is 11.7. The molecule has 1 N–H and O–H groups in total. The highest BCUT2D eigenvalue weighted by atomic mass is 35.5. The molecule has 0 radical (unpaired) electrons. The van der Waals surface area contributed by atoms with Crippen molar-refractivity contribution in [2.75, 3.05) is 0 Å². The molecule has 0 saturated carbocycles. The highest BCUT2D eigenvalue weighted by molar-refractivity contribution is 7.87. The first-order valence-corrected chi connectivity index (χ1v) is 12.1. The average Bonchev–Trinajstić information content (AvgIpc) is 2.79.